The molecular formula is C18H17N3O2. The Morgan fingerprint density at radius 2 is 1.65 bits per heavy atom. The smallest absolute Gasteiger partial charge is 0.258 e. The van der Waals surface area contributed by atoms with E-state index in [9.17, 15) is 0 Å². The Kier molecular flexibility index (Phi) is 3.46. The molecule has 3 aromatic rings. The van der Waals surface area contributed by atoms with Crippen LogP contribution in [0.3, 0.4) is 0 Å². The number of hydrogen-bond acceptors (Lipinski definition) is 5. The molecule has 1 aliphatic carbocycles. The molecule has 2 N–H and O–H groups in total. The van der Waals surface area contributed by atoms with Gasteiger partial charge in [0.15, 0.2) is 0 Å². The van der Waals surface area contributed by atoms with E-state index < -0.39 is 0 Å². The Morgan fingerprint density at radius 1 is 0.957 bits per heavy atom. The molecule has 4 rings (SSSR count). The zero-order valence-corrected chi connectivity index (χ0v) is 12.6. The maximum absolute atomic E-state index is 5.85. The molecule has 1 saturated carbocycles. The van der Waals surface area contributed by atoms with Gasteiger partial charge in [0.2, 0.25) is 5.82 Å². The van der Waals surface area contributed by atoms with E-state index in [0.29, 0.717) is 23.5 Å². The first-order valence-electron chi connectivity index (χ1n) is 7.75. The van der Waals surface area contributed by atoms with E-state index >= 15 is 0 Å². The van der Waals surface area contributed by atoms with Gasteiger partial charge in [0.25, 0.3) is 5.89 Å². The molecule has 0 spiro atoms. The zero-order valence-electron chi connectivity index (χ0n) is 12.6. The quantitative estimate of drug-likeness (QED) is 0.739. The number of benzene rings is 2. The molecule has 1 aliphatic rings. The molecule has 2 aromatic carbocycles. The number of anilines is 1. The SMILES string of the molecule is Nc1ccc(-c2nc(-c3ccc(OC4CCC4)cc3)no2)cc1. The van der Waals surface area contributed by atoms with Crippen LogP contribution in [-0.2, 0) is 0 Å². The second kappa shape index (κ2) is 5.76. The number of nitrogens with two attached hydrogens (primary N) is 1. The number of rotatable bonds is 4. The highest BCUT2D eigenvalue weighted by molar-refractivity contribution is 5.61. The van der Waals surface area contributed by atoms with Crippen LogP contribution < -0.4 is 10.5 Å². The fraction of sp³-hybridized carbons (Fsp3) is 0.222. The van der Waals surface area contributed by atoms with Crippen molar-refractivity contribution in [2.75, 3.05) is 5.73 Å². The fourth-order valence-electron chi connectivity index (χ4n) is 2.45. The van der Waals surface area contributed by atoms with Gasteiger partial charge in [0.1, 0.15) is 5.75 Å². The van der Waals surface area contributed by atoms with Gasteiger partial charge in [0, 0.05) is 16.8 Å². The fourth-order valence-corrected chi connectivity index (χ4v) is 2.45. The van der Waals surface area contributed by atoms with Crippen molar-refractivity contribution >= 4 is 5.69 Å². The Labute approximate surface area is 134 Å². The summed E-state index contributed by atoms with van der Waals surface area (Å²) >= 11 is 0. The maximum atomic E-state index is 5.85. The molecule has 0 radical (unpaired) electrons. The van der Waals surface area contributed by atoms with Crippen LogP contribution in [0.25, 0.3) is 22.8 Å². The first kappa shape index (κ1) is 13.8. The average Bonchev–Trinajstić information content (AvgIpc) is 3.02. The van der Waals surface area contributed by atoms with Crippen molar-refractivity contribution in [1.29, 1.82) is 0 Å². The van der Waals surface area contributed by atoms with Gasteiger partial charge in [-0.2, -0.15) is 4.98 Å². The van der Waals surface area contributed by atoms with Gasteiger partial charge in [-0.15, -0.1) is 0 Å². The van der Waals surface area contributed by atoms with E-state index in [4.69, 9.17) is 15.0 Å². The predicted octanol–water partition coefficient (Wildman–Crippen LogP) is 3.92. The molecule has 5 nitrogen and oxygen atoms in total. The summed E-state index contributed by atoms with van der Waals surface area (Å²) in [4.78, 5) is 4.44. The normalized spacial score (nSPS) is 14.4. The van der Waals surface area contributed by atoms with Crippen LogP contribution in [0.15, 0.2) is 53.1 Å². The molecule has 0 unspecified atom stereocenters. The number of aromatic nitrogens is 2. The maximum Gasteiger partial charge on any atom is 0.258 e. The van der Waals surface area contributed by atoms with Gasteiger partial charge in [-0.25, -0.2) is 0 Å². The summed E-state index contributed by atoms with van der Waals surface area (Å²) in [6, 6.07) is 15.2. The van der Waals surface area contributed by atoms with E-state index in [1.54, 1.807) is 0 Å². The highest BCUT2D eigenvalue weighted by Gasteiger charge is 2.19. The van der Waals surface area contributed by atoms with Gasteiger partial charge in [-0.1, -0.05) is 5.16 Å². The van der Waals surface area contributed by atoms with E-state index in [2.05, 4.69) is 10.1 Å². The molecule has 5 heteroatoms. The van der Waals surface area contributed by atoms with Crippen LogP contribution in [-0.4, -0.2) is 16.2 Å². The minimum Gasteiger partial charge on any atom is -0.490 e. The van der Waals surface area contributed by atoms with Crippen molar-refractivity contribution in [1.82, 2.24) is 10.1 Å². The van der Waals surface area contributed by atoms with Gasteiger partial charge in [-0.05, 0) is 67.8 Å². The van der Waals surface area contributed by atoms with Crippen LogP contribution in [0.4, 0.5) is 5.69 Å². The van der Waals surface area contributed by atoms with Crippen LogP contribution in [0.5, 0.6) is 5.75 Å². The number of ether oxygens (including phenoxy) is 1. The molecule has 0 aliphatic heterocycles. The minimum absolute atomic E-state index is 0.378. The molecule has 1 fully saturated rings. The van der Waals surface area contributed by atoms with Crippen molar-refractivity contribution < 1.29 is 9.26 Å². The van der Waals surface area contributed by atoms with E-state index in [0.717, 1.165) is 29.7 Å². The predicted molar refractivity (Wildman–Crippen MR) is 87.8 cm³/mol. The molecule has 116 valence electrons. The molecule has 0 saturated heterocycles. The third-order valence-electron chi connectivity index (χ3n) is 4.05. The number of nitrogens with zero attached hydrogens (tertiary/aromatic N) is 2. The first-order valence-corrected chi connectivity index (χ1v) is 7.75. The first-order chi connectivity index (χ1) is 11.3. The zero-order chi connectivity index (χ0) is 15.6. The topological polar surface area (TPSA) is 74.2 Å². The molecule has 23 heavy (non-hydrogen) atoms. The monoisotopic (exact) mass is 307 g/mol. The van der Waals surface area contributed by atoms with Crippen LogP contribution in [0.1, 0.15) is 19.3 Å². The summed E-state index contributed by atoms with van der Waals surface area (Å²) in [5.74, 6) is 1.93. The highest BCUT2D eigenvalue weighted by atomic mass is 16.5. The summed E-state index contributed by atoms with van der Waals surface area (Å²) in [6.45, 7) is 0. The molecule has 1 heterocycles. The Bertz CT molecular complexity index is 790. The highest BCUT2D eigenvalue weighted by Crippen LogP contribution is 2.27. The molecule has 0 amide bonds. The Balaban J connectivity index is 1.52. The molecule has 0 bridgehead atoms. The lowest BCUT2D eigenvalue weighted by atomic mass is 9.96. The number of hydrogen-bond donors (Lipinski definition) is 1. The molecular weight excluding hydrogens is 290 g/mol. The van der Waals surface area contributed by atoms with Crippen LogP contribution >= 0.6 is 0 Å². The standard InChI is InChI=1S/C18H17N3O2/c19-14-8-4-13(5-9-14)18-20-17(21-23-18)12-6-10-16(11-7-12)22-15-2-1-3-15/h4-11,15H,1-3,19H2. The van der Waals surface area contributed by atoms with Crippen molar-refractivity contribution in [3.63, 3.8) is 0 Å². The third kappa shape index (κ3) is 2.90. The summed E-state index contributed by atoms with van der Waals surface area (Å²) < 4.78 is 11.2. The summed E-state index contributed by atoms with van der Waals surface area (Å²) in [5, 5.41) is 4.05. The third-order valence-corrected chi connectivity index (χ3v) is 4.05. The Hall–Kier alpha value is -2.82. The van der Waals surface area contributed by atoms with Crippen molar-refractivity contribution in [3.05, 3.63) is 48.5 Å². The summed E-state index contributed by atoms with van der Waals surface area (Å²) in [7, 11) is 0. The minimum atomic E-state index is 0.378. The lowest BCUT2D eigenvalue weighted by molar-refractivity contribution is 0.120. The van der Waals surface area contributed by atoms with Gasteiger partial charge < -0.3 is 15.0 Å². The van der Waals surface area contributed by atoms with E-state index in [1.165, 1.54) is 6.42 Å². The van der Waals surface area contributed by atoms with Gasteiger partial charge >= 0.3 is 0 Å². The summed E-state index contributed by atoms with van der Waals surface area (Å²) in [6.07, 6.45) is 3.94. The largest absolute Gasteiger partial charge is 0.490 e. The van der Waals surface area contributed by atoms with Crippen molar-refractivity contribution in [2.45, 2.75) is 25.4 Å². The van der Waals surface area contributed by atoms with Gasteiger partial charge in [-0.3, -0.25) is 0 Å². The van der Waals surface area contributed by atoms with Crippen molar-refractivity contribution in [2.24, 2.45) is 0 Å². The lowest BCUT2D eigenvalue weighted by Gasteiger charge is -2.26. The van der Waals surface area contributed by atoms with Gasteiger partial charge in [0.05, 0.1) is 6.10 Å². The molecule has 0 atom stereocenters. The second-order valence-corrected chi connectivity index (χ2v) is 5.74. The number of nitrogen functional groups attached to an aromatic ring is 1. The van der Waals surface area contributed by atoms with E-state index in [1.807, 2.05) is 48.5 Å². The summed E-state index contributed by atoms with van der Waals surface area (Å²) in [5.41, 5.74) is 8.14. The van der Waals surface area contributed by atoms with Crippen LogP contribution in [0.2, 0.25) is 0 Å². The average molecular weight is 307 g/mol. The molecule has 1 aromatic heterocycles. The van der Waals surface area contributed by atoms with Crippen LogP contribution in [0, 0.1) is 0 Å². The van der Waals surface area contributed by atoms with E-state index in [-0.39, 0.29) is 0 Å². The second-order valence-electron chi connectivity index (χ2n) is 5.74. The van der Waals surface area contributed by atoms with Crippen molar-refractivity contribution in [3.8, 4) is 28.6 Å². The Morgan fingerprint density at radius 3 is 2.30 bits per heavy atom. The lowest BCUT2D eigenvalue weighted by Crippen LogP contribution is -2.24.